The van der Waals surface area contributed by atoms with Crippen molar-refractivity contribution in [3.8, 4) is 0 Å². The molecule has 0 bridgehead atoms. The summed E-state index contributed by atoms with van der Waals surface area (Å²) < 4.78 is 0. The highest BCUT2D eigenvalue weighted by atomic mass is 14.4. The average Bonchev–Trinajstić information content (AvgIpc) is 2.60. The van der Waals surface area contributed by atoms with Gasteiger partial charge in [-0.05, 0) is 24.2 Å². The predicted octanol–water partition coefficient (Wildman–Crippen LogP) is 4.19. The van der Waals surface area contributed by atoms with Crippen LogP contribution in [0.4, 0.5) is 0 Å². The van der Waals surface area contributed by atoms with Crippen LogP contribution in [0, 0.1) is 17.3 Å². The minimum Gasteiger partial charge on any atom is -0.0771 e. The molecule has 0 saturated carbocycles. The molecule has 0 unspecified atom stereocenters. The summed E-state index contributed by atoms with van der Waals surface area (Å²) >= 11 is 0. The van der Waals surface area contributed by atoms with E-state index < -0.39 is 0 Å². The first-order valence-corrected chi connectivity index (χ1v) is 5.52. The van der Waals surface area contributed by atoms with Crippen LogP contribution >= 0.6 is 0 Å². The van der Waals surface area contributed by atoms with Crippen molar-refractivity contribution in [3.05, 3.63) is 24.3 Å². The minimum absolute atomic E-state index is 0.490. The number of rotatable bonds is 4. The van der Waals surface area contributed by atoms with Gasteiger partial charge in [-0.3, -0.25) is 0 Å². The SMILES string of the molecule is CCC(CC)(C(C)C)C1C=CC=C1. The van der Waals surface area contributed by atoms with E-state index in [0.717, 1.165) is 5.92 Å². The summed E-state index contributed by atoms with van der Waals surface area (Å²) in [5.41, 5.74) is 0.490. The van der Waals surface area contributed by atoms with E-state index in [2.05, 4.69) is 52.0 Å². The summed E-state index contributed by atoms with van der Waals surface area (Å²) in [6, 6.07) is 0. The topological polar surface area (TPSA) is 0 Å². The summed E-state index contributed by atoms with van der Waals surface area (Å²) in [6.45, 7) is 9.35. The Labute approximate surface area is 82.7 Å². The van der Waals surface area contributed by atoms with E-state index >= 15 is 0 Å². The van der Waals surface area contributed by atoms with Gasteiger partial charge in [0, 0.05) is 5.92 Å². The molecule has 0 heterocycles. The zero-order valence-electron chi connectivity index (χ0n) is 9.38. The molecular formula is C13H22. The van der Waals surface area contributed by atoms with Crippen LogP contribution < -0.4 is 0 Å². The van der Waals surface area contributed by atoms with E-state index in [0.29, 0.717) is 11.3 Å². The largest absolute Gasteiger partial charge is 0.0771 e. The van der Waals surface area contributed by atoms with Gasteiger partial charge in [-0.15, -0.1) is 0 Å². The molecule has 0 aromatic rings. The van der Waals surface area contributed by atoms with Gasteiger partial charge in [-0.25, -0.2) is 0 Å². The monoisotopic (exact) mass is 178 g/mol. The summed E-state index contributed by atoms with van der Waals surface area (Å²) in [5, 5.41) is 0. The normalized spacial score (nSPS) is 17.6. The lowest BCUT2D eigenvalue weighted by molar-refractivity contribution is 0.132. The third kappa shape index (κ3) is 1.72. The Morgan fingerprint density at radius 1 is 1.08 bits per heavy atom. The van der Waals surface area contributed by atoms with Crippen LogP contribution in [0.1, 0.15) is 40.5 Å². The summed E-state index contributed by atoms with van der Waals surface area (Å²) in [5.74, 6) is 1.43. The van der Waals surface area contributed by atoms with E-state index in [-0.39, 0.29) is 0 Å². The fraction of sp³-hybridized carbons (Fsp3) is 0.692. The fourth-order valence-electron chi connectivity index (χ4n) is 2.74. The van der Waals surface area contributed by atoms with Crippen LogP contribution in [0.3, 0.4) is 0 Å². The predicted molar refractivity (Wildman–Crippen MR) is 59.6 cm³/mol. The average molecular weight is 178 g/mol. The van der Waals surface area contributed by atoms with Gasteiger partial charge in [0.25, 0.3) is 0 Å². The van der Waals surface area contributed by atoms with Crippen molar-refractivity contribution < 1.29 is 0 Å². The number of hydrogen-bond acceptors (Lipinski definition) is 0. The Morgan fingerprint density at radius 2 is 1.54 bits per heavy atom. The standard InChI is InChI=1S/C13H22/c1-5-13(6-2,11(3)4)12-9-7-8-10-12/h7-12H,5-6H2,1-4H3. The van der Waals surface area contributed by atoms with Gasteiger partial charge in [0.05, 0.1) is 0 Å². The molecule has 0 nitrogen and oxygen atoms in total. The molecule has 1 aliphatic rings. The maximum atomic E-state index is 2.35. The van der Waals surface area contributed by atoms with E-state index in [1.165, 1.54) is 12.8 Å². The number of hydrogen-bond donors (Lipinski definition) is 0. The Hall–Kier alpha value is -0.520. The van der Waals surface area contributed by atoms with Crippen molar-refractivity contribution in [1.29, 1.82) is 0 Å². The van der Waals surface area contributed by atoms with Gasteiger partial charge in [0.1, 0.15) is 0 Å². The molecule has 74 valence electrons. The molecule has 0 radical (unpaired) electrons. The quantitative estimate of drug-likeness (QED) is 0.605. The highest BCUT2D eigenvalue weighted by Gasteiger charge is 2.36. The lowest BCUT2D eigenvalue weighted by Crippen LogP contribution is -2.32. The number of allylic oxidation sites excluding steroid dienone is 4. The van der Waals surface area contributed by atoms with Gasteiger partial charge >= 0.3 is 0 Å². The van der Waals surface area contributed by atoms with Crippen LogP contribution in [0.5, 0.6) is 0 Å². The highest BCUT2D eigenvalue weighted by molar-refractivity contribution is 5.21. The van der Waals surface area contributed by atoms with E-state index in [9.17, 15) is 0 Å². The molecule has 1 aliphatic carbocycles. The third-order valence-corrected chi connectivity index (χ3v) is 3.88. The molecule has 0 amide bonds. The molecule has 0 saturated heterocycles. The van der Waals surface area contributed by atoms with Crippen molar-refractivity contribution in [2.45, 2.75) is 40.5 Å². The molecule has 1 rings (SSSR count). The summed E-state index contributed by atoms with van der Waals surface area (Å²) in [6.07, 6.45) is 11.6. The second-order valence-electron chi connectivity index (χ2n) is 4.39. The van der Waals surface area contributed by atoms with Crippen LogP contribution in [-0.4, -0.2) is 0 Å². The zero-order chi connectivity index (χ0) is 9.90. The Morgan fingerprint density at radius 3 is 1.85 bits per heavy atom. The smallest absolute Gasteiger partial charge is 0.00115 e. The van der Waals surface area contributed by atoms with Gasteiger partial charge in [0.15, 0.2) is 0 Å². The molecule has 0 fully saturated rings. The molecule has 0 N–H and O–H groups in total. The van der Waals surface area contributed by atoms with Crippen molar-refractivity contribution in [2.24, 2.45) is 17.3 Å². The zero-order valence-corrected chi connectivity index (χ0v) is 9.38. The van der Waals surface area contributed by atoms with E-state index in [1.807, 2.05) is 0 Å². The third-order valence-electron chi connectivity index (χ3n) is 3.88. The second-order valence-corrected chi connectivity index (χ2v) is 4.39. The van der Waals surface area contributed by atoms with E-state index in [1.54, 1.807) is 0 Å². The van der Waals surface area contributed by atoms with Gasteiger partial charge < -0.3 is 0 Å². The maximum absolute atomic E-state index is 2.35. The van der Waals surface area contributed by atoms with Crippen LogP contribution in [0.2, 0.25) is 0 Å². The van der Waals surface area contributed by atoms with Gasteiger partial charge in [-0.1, -0.05) is 52.0 Å². The Balaban J connectivity index is 2.88. The molecule has 0 spiro atoms. The molecule has 0 atom stereocenters. The summed E-state index contributed by atoms with van der Waals surface area (Å²) in [7, 11) is 0. The minimum atomic E-state index is 0.490. The van der Waals surface area contributed by atoms with Crippen LogP contribution in [-0.2, 0) is 0 Å². The molecular weight excluding hydrogens is 156 g/mol. The van der Waals surface area contributed by atoms with Crippen molar-refractivity contribution in [1.82, 2.24) is 0 Å². The molecule has 0 aromatic heterocycles. The first-order valence-electron chi connectivity index (χ1n) is 5.52. The Kier molecular flexibility index (Phi) is 3.35. The lowest BCUT2D eigenvalue weighted by Gasteiger charge is -2.40. The lowest BCUT2D eigenvalue weighted by atomic mass is 9.65. The first kappa shape index (κ1) is 10.6. The molecule has 0 aromatic carbocycles. The van der Waals surface area contributed by atoms with Crippen LogP contribution in [0.15, 0.2) is 24.3 Å². The second kappa shape index (κ2) is 4.13. The summed E-state index contributed by atoms with van der Waals surface area (Å²) in [4.78, 5) is 0. The molecule has 0 heteroatoms. The van der Waals surface area contributed by atoms with Crippen molar-refractivity contribution in [3.63, 3.8) is 0 Å². The maximum Gasteiger partial charge on any atom is 0.00115 e. The van der Waals surface area contributed by atoms with Crippen molar-refractivity contribution >= 4 is 0 Å². The Bertz CT molecular complexity index is 192. The highest BCUT2D eigenvalue weighted by Crippen LogP contribution is 2.44. The fourth-order valence-corrected chi connectivity index (χ4v) is 2.74. The first-order chi connectivity index (χ1) is 6.17. The van der Waals surface area contributed by atoms with Crippen LogP contribution in [0.25, 0.3) is 0 Å². The van der Waals surface area contributed by atoms with E-state index in [4.69, 9.17) is 0 Å². The van der Waals surface area contributed by atoms with Gasteiger partial charge in [-0.2, -0.15) is 0 Å². The molecule has 0 aliphatic heterocycles. The van der Waals surface area contributed by atoms with Gasteiger partial charge in [0.2, 0.25) is 0 Å². The van der Waals surface area contributed by atoms with Crippen molar-refractivity contribution in [2.75, 3.05) is 0 Å². The molecule has 13 heavy (non-hydrogen) atoms.